The van der Waals surface area contributed by atoms with Gasteiger partial charge in [0.2, 0.25) is 0 Å². The molecule has 0 saturated heterocycles. The number of para-hydroxylation sites is 1. The Bertz CT molecular complexity index is 805. The molecule has 2 aromatic carbocycles. The van der Waals surface area contributed by atoms with Gasteiger partial charge in [-0.15, -0.1) is 0 Å². The molecule has 158 valence electrons. The second-order valence-electron chi connectivity index (χ2n) is 7.16. The first kappa shape index (κ1) is 22.6. The second-order valence-corrected chi connectivity index (χ2v) is 7.16. The van der Waals surface area contributed by atoms with Crippen molar-refractivity contribution in [3.8, 4) is 11.5 Å². The zero-order valence-electron chi connectivity index (χ0n) is 18.5. The SMILES string of the molecule is CN=C(NCCc1ccc(C)c(OC)c1)NCC(c1ccccc1OC)N(C)C. The smallest absolute Gasteiger partial charge is 0.191 e. The molecule has 6 nitrogen and oxygen atoms in total. The molecule has 2 aromatic rings. The third-order valence-corrected chi connectivity index (χ3v) is 4.99. The Balaban J connectivity index is 1.93. The topological polar surface area (TPSA) is 58.1 Å². The van der Waals surface area contributed by atoms with Crippen molar-refractivity contribution in [1.82, 2.24) is 15.5 Å². The minimum atomic E-state index is 0.158. The van der Waals surface area contributed by atoms with Gasteiger partial charge < -0.3 is 25.0 Å². The van der Waals surface area contributed by atoms with E-state index in [0.717, 1.165) is 41.6 Å². The van der Waals surface area contributed by atoms with E-state index in [1.165, 1.54) is 5.56 Å². The fourth-order valence-electron chi connectivity index (χ4n) is 3.27. The highest BCUT2D eigenvalue weighted by Crippen LogP contribution is 2.27. The minimum absolute atomic E-state index is 0.158. The van der Waals surface area contributed by atoms with Crippen molar-refractivity contribution in [2.24, 2.45) is 4.99 Å². The molecule has 0 aromatic heterocycles. The normalized spacial score (nSPS) is 12.6. The van der Waals surface area contributed by atoms with Gasteiger partial charge in [-0.2, -0.15) is 0 Å². The van der Waals surface area contributed by atoms with E-state index >= 15 is 0 Å². The largest absolute Gasteiger partial charge is 0.496 e. The Kier molecular flexibility index (Phi) is 8.80. The lowest BCUT2D eigenvalue weighted by Crippen LogP contribution is -2.42. The summed E-state index contributed by atoms with van der Waals surface area (Å²) in [6, 6.07) is 14.6. The summed E-state index contributed by atoms with van der Waals surface area (Å²) in [6.07, 6.45) is 0.890. The van der Waals surface area contributed by atoms with Gasteiger partial charge in [0.15, 0.2) is 5.96 Å². The predicted molar refractivity (Wildman–Crippen MR) is 120 cm³/mol. The van der Waals surface area contributed by atoms with Gasteiger partial charge in [0.05, 0.1) is 20.3 Å². The van der Waals surface area contributed by atoms with Crippen LogP contribution in [0.15, 0.2) is 47.5 Å². The van der Waals surface area contributed by atoms with Crippen molar-refractivity contribution in [2.45, 2.75) is 19.4 Å². The van der Waals surface area contributed by atoms with Crippen LogP contribution >= 0.6 is 0 Å². The van der Waals surface area contributed by atoms with E-state index in [-0.39, 0.29) is 6.04 Å². The summed E-state index contributed by atoms with van der Waals surface area (Å²) >= 11 is 0. The van der Waals surface area contributed by atoms with Crippen LogP contribution < -0.4 is 20.1 Å². The van der Waals surface area contributed by atoms with Gasteiger partial charge in [-0.25, -0.2) is 0 Å². The molecule has 2 rings (SSSR count). The molecule has 0 aliphatic heterocycles. The molecule has 0 aliphatic carbocycles. The Morgan fingerprint density at radius 3 is 2.41 bits per heavy atom. The molecule has 0 bridgehead atoms. The van der Waals surface area contributed by atoms with Crippen LogP contribution in [0, 0.1) is 6.92 Å². The van der Waals surface area contributed by atoms with E-state index in [9.17, 15) is 0 Å². The molecule has 0 amide bonds. The average Bonchev–Trinajstić information content (AvgIpc) is 2.73. The van der Waals surface area contributed by atoms with Crippen LogP contribution in [-0.2, 0) is 6.42 Å². The number of hydrogen-bond donors (Lipinski definition) is 2. The third kappa shape index (κ3) is 6.39. The number of nitrogens with zero attached hydrogens (tertiary/aromatic N) is 2. The first-order chi connectivity index (χ1) is 14.0. The van der Waals surface area contributed by atoms with Crippen molar-refractivity contribution in [2.75, 3.05) is 48.5 Å². The average molecular weight is 399 g/mol. The molecular formula is C23H34N4O2. The standard InChI is InChI=1S/C23H34N4O2/c1-17-11-12-18(15-22(17)29-6)13-14-25-23(24-2)26-16-20(27(3)4)19-9-7-8-10-21(19)28-5/h7-12,15,20H,13-14,16H2,1-6H3,(H2,24,25,26). The maximum atomic E-state index is 5.54. The zero-order chi connectivity index (χ0) is 21.2. The second kappa shape index (κ2) is 11.3. The number of hydrogen-bond acceptors (Lipinski definition) is 4. The zero-order valence-corrected chi connectivity index (χ0v) is 18.5. The fourth-order valence-corrected chi connectivity index (χ4v) is 3.27. The highest BCUT2D eigenvalue weighted by Gasteiger charge is 2.18. The number of aliphatic imine (C=N–C) groups is 1. The van der Waals surface area contributed by atoms with Gasteiger partial charge in [-0.3, -0.25) is 4.99 Å². The van der Waals surface area contributed by atoms with Crippen molar-refractivity contribution >= 4 is 5.96 Å². The minimum Gasteiger partial charge on any atom is -0.496 e. The quantitative estimate of drug-likeness (QED) is 0.502. The Morgan fingerprint density at radius 2 is 1.76 bits per heavy atom. The number of guanidine groups is 1. The predicted octanol–water partition coefficient (Wildman–Crippen LogP) is 3.02. The first-order valence-corrected chi connectivity index (χ1v) is 9.87. The van der Waals surface area contributed by atoms with Crippen LogP contribution in [0.25, 0.3) is 0 Å². The summed E-state index contributed by atoms with van der Waals surface area (Å²) in [5.74, 6) is 2.60. The number of benzene rings is 2. The summed E-state index contributed by atoms with van der Waals surface area (Å²) in [6.45, 7) is 3.55. The van der Waals surface area contributed by atoms with Crippen LogP contribution in [-0.4, -0.2) is 59.3 Å². The maximum Gasteiger partial charge on any atom is 0.191 e. The highest BCUT2D eigenvalue weighted by atomic mass is 16.5. The van der Waals surface area contributed by atoms with Gasteiger partial charge in [0, 0.05) is 25.7 Å². The van der Waals surface area contributed by atoms with E-state index in [0.29, 0.717) is 6.54 Å². The van der Waals surface area contributed by atoms with E-state index < -0.39 is 0 Å². The molecule has 2 N–H and O–H groups in total. The molecule has 0 fully saturated rings. The number of aryl methyl sites for hydroxylation is 1. The van der Waals surface area contributed by atoms with Crippen molar-refractivity contribution in [3.05, 3.63) is 59.2 Å². The van der Waals surface area contributed by atoms with Crippen LogP contribution in [0.2, 0.25) is 0 Å². The lowest BCUT2D eigenvalue weighted by molar-refractivity contribution is 0.288. The van der Waals surface area contributed by atoms with E-state index in [1.54, 1.807) is 21.3 Å². The number of methoxy groups -OCH3 is 2. The van der Waals surface area contributed by atoms with Gasteiger partial charge in [-0.1, -0.05) is 30.3 Å². The summed E-state index contributed by atoms with van der Waals surface area (Å²) in [4.78, 5) is 6.53. The molecule has 0 heterocycles. The van der Waals surface area contributed by atoms with Crippen LogP contribution in [0.1, 0.15) is 22.7 Å². The molecule has 29 heavy (non-hydrogen) atoms. The summed E-state index contributed by atoms with van der Waals surface area (Å²) in [7, 11) is 9.34. The summed E-state index contributed by atoms with van der Waals surface area (Å²) in [5.41, 5.74) is 3.53. The lowest BCUT2D eigenvalue weighted by atomic mass is 10.0. The number of rotatable bonds is 9. The van der Waals surface area contributed by atoms with Crippen molar-refractivity contribution in [3.63, 3.8) is 0 Å². The number of likely N-dealkylation sites (N-methyl/N-ethyl adjacent to an activating group) is 1. The first-order valence-electron chi connectivity index (χ1n) is 9.87. The Labute approximate surface area is 174 Å². The molecule has 0 aliphatic rings. The molecule has 0 spiro atoms. The van der Waals surface area contributed by atoms with Gasteiger partial charge >= 0.3 is 0 Å². The van der Waals surface area contributed by atoms with Gasteiger partial charge in [0.25, 0.3) is 0 Å². The van der Waals surface area contributed by atoms with Crippen LogP contribution in [0.4, 0.5) is 0 Å². The molecule has 0 saturated carbocycles. The van der Waals surface area contributed by atoms with E-state index in [2.05, 4.69) is 65.8 Å². The number of nitrogens with one attached hydrogen (secondary N) is 2. The Hall–Kier alpha value is -2.73. The van der Waals surface area contributed by atoms with Gasteiger partial charge in [0.1, 0.15) is 11.5 Å². The van der Waals surface area contributed by atoms with Crippen molar-refractivity contribution in [1.29, 1.82) is 0 Å². The lowest BCUT2D eigenvalue weighted by Gasteiger charge is -2.27. The van der Waals surface area contributed by atoms with Gasteiger partial charge in [-0.05, 0) is 50.7 Å². The monoisotopic (exact) mass is 398 g/mol. The molecular weight excluding hydrogens is 364 g/mol. The molecule has 0 radical (unpaired) electrons. The highest BCUT2D eigenvalue weighted by molar-refractivity contribution is 5.79. The maximum absolute atomic E-state index is 5.54. The van der Waals surface area contributed by atoms with E-state index in [1.807, 2.05) is 18.2 Å². The van der Waals surface area contributed by atoms with Crippen LogP contribution in [0.5, 0.6) is 11.5 Å². The fraction of sp³-hybridized carbons (Fsp3) is 0.435. The molecule has 6 heteroatoms. The summed E-state index contributed by atoms with van der Waals surface area (Å²) in [5, 5.41) is 6.83. The summed E-state index contributed by atoms with van der Waals surface area (Å²) < 4.78 is 11.0. The number of ether oxygens (including phenoxy) is 2. The Morgan fingerprint density at radius 1 is 1.03 bits per heavy atom. The third-order valence-electron chi connectivity index (χ3n) is 4.99. The van der Waals surface area contributed by atoms with E-state index in [4.69, 9.17) is 9.47 Å². The van der Waals surface area contributed by atoms with Crippen LogP contribution in [0.3, 0.4) is 0 Å². The van der Waals surface area contributed by atoms with Crippen molar-refractivity contribution < 1.29 is 9.47 Å². The molecule has 1 unspecified atom stereocenters. The molecule has 1 atom stereocenters.